The fourth-order valence-electron chi connectivity index (χ4n) is 1.51. The van der Waals surface area contributed by atoms with Gasteiger partial charge in [0, 0.05) is 25.0 Å². The van der Waals surface area contributed by atoms with Crippen LogP contribution in [0.15, 0.2) is 36.7 Å². The molecular formula is C12H11N3. The number of benzene rings is 1. The van der Waals surface area contributed by atoms with Crippen LogP contribution in [-0.2, 0) is 13.5 Å². The quantitative estimate of drug-likeness (QED) is 0.740. The van der Waals surface area contributed by atoms with Crippen molar-refractivity contribution >= 4 is 0 Å². The Bertz CT molecular complexity index is 488. The molecule has 1 aromatic heterocycles. The molecule has 0 saturated heterocycles. The molecule has 0 aliphatic carbocycles. The smallest absolute Gasteiger partial charge is 0.139 e. The number of aromatic nitrogens is 2. The van der Waals surface area contributed by atoms with E-state index in [4.69, 9.17) is 5.26 Å². The van der Waals surface area contributed by atoms with Crippen LogP contribution in [0, 0.1) is 11.3 Å². The van der Waals surface area contributed by atoms with Crippen LogP contribution in [0.3, 0.4) is 0 Å². The Morgan fingerprint density at radius 1 is 1.33 bits per heavy atom. The third kappa shape index (κ3) is 1.89. The molecular weight excluding hydrogens is 186 g/mol. The van der Waals surface area contributed by atoms with Gasteiger partial charge in [0.2, 0.25) is 0 Å². The third-order valence-electron chi connectivity index (χ3n) is 2.32. The molecule has 15 heavy (non-hydrogen) atoms. The third-order valence-corrected chi connectivity index (χ3v) is 2.32. The van der Waals surface area contributed by atoms with Gasteiger partial charge in [-0.15, -0.1) is 0 Å². The predicted molar refractivity (Wildman–Crippen MR) is 58.0 cm³/mol. The van der Waals surface area contributed by atoms with Crippen LogP contribution in [0.2, 0.25) is 0 Å². The molecule has 3 nitrogen and oxygen atoms in total. The highest BCUT2D eigenvalue weighted by Gasteiger charge is 2.02. The molecule has 1 heterocycles. The summed E-state index contributed by atoms with van der Waals surface area (Å²) in [5.41, 5.74) is 2.11. The van der Waals surface area contributed by atoms with Crippen LogP contribution >= 0.6 is 0 Å². The van der Waals surface area contributed by atoms with Crippen LogP contribution in [0.4, 0.5) is 0 Å². The molecule has 0 saturated carbocycles. The zero-order chi connectivity index (χ0) is 10.7. The molecule has 2 rings (SSSR count). The first kappa shape index (κ1) is 9.47. The number of rotatable bonds is 2. The second kappa shape index (κ2) is 3.97. The number of imidazole rings is 1. The maximum absolute atomic E-state index is 8.55. The Balaban J connectivity index is 2.33. The van der Waals surface area contributed by atoms with Crippen LogP contribution in [0.25, 0.3) is 11.4 Å². The van der Waals surface area contributed by atoms with E-state index in [0.717, 1.165) is 17.0 Å². The molecule has 0 unspecified atom stereocenters. The monoisotopic (exact) mass is 197 g/mol. The van der Waals surface area contributed by atoms with Gasteiger partial charge in [-0.05, 0) is 5.56 Å². The van der Waals surface area contributed by atoms with E-state index in [0.29, 0.717) is 6.42 Å². The lowest BCUT2D eigenvalue weighted by Crippen LogP contribution is -1.91. The van der Waals surface area contributed by atoms with Crippen molar-refractivity contribution < 1.29 is 0 Å². The largest absolute Gasteiger partial charge is 0.334 e. The minimum atomic E-state index is 0.459. The maximum Gasteiger partial charge on any atom is 0.139 e. The summed E-state index contributed by atoms with van der Waals surface area (Å²) in [7, 11) is 1.96. The molecule has 1 aromatic carbocycles. The fraction of sp³-hybridized carbons (Fsp3) is 0.167. The summed E-state index contributed by atoms with van der Waals surface area (Å²) in [6.45, 7) is 0. The van der Waals surface area contributed by atoms with Crippen molar-refractivity contribution in [2.24, 2.45) is 7.05 Å². The summed E-state index contributed by atoms with van der Waals surface area (Å²) in [4.78, 5) is 4.26. The van der Waals surface area contributed by atoms with E-state index in [-0.39, 0.29) is 0 Å². The van der Waals surface area contributed by atoms with Crippen molar-refractivity contribution in [3.05, 3.63) is 42.2 Å². The summed E-state index contributed by atoms with van der Waals surface area (Å²) >= 11 is 0. The van der Waals surface area contributed by atoms with Crippen molar-refractivity contribution in [2.45, 2.75) is 6.42 Å². The average Bonchev–Trinajstić information content (AvgIpc) is 2.66. The summed E-state index contributed by atoms with van der Waals surface area (Å²) in [5, 5.41) is 8.55. The van der Waals surface area contributed by atoms with E-state index in [2.05, 4.69) is 11.1 Å². The van der Waals surface area contributed by atoms with E-state index in [1.165, 1.54) is 0 Å². The first-order valence-electron chi connectivity index (χ1n) is 4.75. The summed E-state index contributed by atoms with van der Waals surface area (Å²) in [6.07, 6.45) is 4.15. The van der Waals surface area contributed by atoms with Gasteiger partial charge in [0.15, 0.2) is 0 Å². The van der Waals surface area contributed by atoms with E-state index in [1.807, 2.05) is 42.1 Å². The highest BCUT2D eigenvalue weighted by atomic mass is 15.0. The highest BCUT2D eigenvalue weighted by molar-refractivity contribution is 5.55. The Hall–Kier alpha value is -2.08. The second-order valence-electron chi connectivity index (χ2n) is 3.39. The molecule has 2 aromatic rings. The number of hydrogen-bond donors (Lipinski definition) is 0. The Morgan fingerprint density at radius 2 is 2.07 bits per heavy atom. The van der Waals surface area contributed by atoms with Crippen molar-refractivity contribution in [1.29, 1.82) is 5.26 Å². The van der Waals surface area contributed by atoms with Crippen molar-refractivity contribution in [3.63, 3.8) is 0 Å². The predicted octanol–water partition coefficient (Wildman–Crippen LogP) is 2.15. The van der Waals surface area contributed by atoms with Gasteiger partial charge in [-0.3, -0.25) is 0 Å². The molecule has 74 valence electrons. The van der Waals surface area contributed by atoms with Gasteiger partial charge in [-0.25, -0.2) is 4.98 Å². The molecule has 0 N–H and O–H groups in total. The average molecular weight is 197 g/mol. The van der Waals surface area contributed by atoms with Crippen LogP contribution < -0.4 is 0 Å². The number of aryl methyl sites for hydroxylation is 1. The fourth-order valence-corrected chi connectivity index (χ4v) is 1.51. The second-order valence-corrected chi connectivity index (χ2v) is 3.39. The van der Waals surface area contributed by atoms with Crippen LogP contribution in [-0.4, -0.2) is 9.55 Å². The first-order chi connectivity index (χ1) is 7.31. The zero-order valence-corrected chi connectivity index (χ0v) is 8.51. The van der Waals surface area contributed by atoms with Crippen LogP contribution in [0.5, 0.6) is 0 Å². The van der Waals surface area contributed by atoms with Gasteiger partial charge in [0.1, 0.15) is 5.82 Å². The molecule has 0 amide bonds. The van der Waals surface area contributed by atoms with Gasteiger partial charge in [0.05, 0.1) is 12.5 Å². The Kier molecular flexibility index (Phi) is 2.51. The molecule has 0 aliphatic rings. The maximum atomic E-state index is 8.55. The van der Waals surface area contributed by atoms with E-state index in [1.54, 1.807) is 6.20 Å². The zero-order valence-electron chi connectivity index (χ0n) is 8.51. The molecule has 3 heteroatoms. The number of nitrogens with zero attached hydrogens (tertiary/aromatic N) is 3. The summed E-state index contributed by atoms with van der Waals surface area (Å²) < 4.78 is 1.97. The molecule has 0 aliphatic heterocycles. The van der Waals surface area contributed by atoms with Crippen molar-refractivity contribution in [1.82, 2.24) is 9.55 Å². The Labute approximate surface area is 88.6 Å². The van der Waals surface area contributed by atoms with E-state index in [9.17, 15) is 0 Å². The Morgan fingerprint density at radius 3 is 2.60 bits per heavy atom. The molecule has 0 radical (unpaired) electrons. The number of hydrogen-bond acceptors (Lipinski definition) is 2. The molecule has 0 spiro atoms. The molecule has 0 bridgehead atoms. The normalized spacial score (nSPS) is 9.87. The number of nitriles is 1. The van der Waals surface area contributed by atoms with E-state index >= 15 is 0 Å². The lowest BCUT2D eigenvalue weighted by atomic mass is 10.1. The summed E-state index contributed by atoms with van der Waals surface area (Å²) in [5.74, 6) is 0.943. The van der Waals surface area contributed by atoms with Gasteiger partial charge < -0.3 is 4.57 Å². The standard InChI is InChI=1S/C12H11N3/c1-15-9-8-14-12(15)11-4-2-10(3-5-11)6-7-13/h2-5,8-9H,6H2,1H3. The van der Waals surface area contributed by atoms with E-state index < -0.39 is 0 Å². The minimum Gasteiger partial charge on any atom is -0.334 e. The SMILES string of the molecule is Cn1ccnc1-c1ccc(CC#N)cc1. The van der Waals surface area contributed by atoms with Crippen molar-refractivity contribution in [3.8, 4) is 17.5 Å². The minimum absolute atomic E-state index is 0.459. The van der Waals surface area contributed by atoms with Gasteiger partial charge >= 0.3 is 0 Å². The van der Waals surface area contributed by atoms with Gasteiger partial charge in [0.25, 0.3) is 0 Å². The molecule has 0 atom stereocenters. The lowest BCUT2D eigenvalue weighted by Gasteiger charge is -2.02. The van der Waals surface area contributed by atoms with Gasteiger partial charge in [-0.1, -0.05) is 24.3 Å². The first-order valence-corrected chi connectivity index (χ1v) is 4.75. The lowest BCUT2D eigenvalue weighted by molar-refractivity contribution is 0.925. The highest BCUT2D eigenvalue weighted by Crippen LogP contribution is 2.17. The van der Waals surface area contributed by atoms with Crippen molar-refractivity contribution in [2.75, 3.05) is 0 Å². The topological polar surface area (TPSA) is 41.6 Å². The van der Waals surface area contributed by atoms with Crippen LogP contribution in [0.1, 0.15) is 5.56 Å². The summed E-state index contributed by atoms with van der Waals surface area (Å²) in [6, 6.07) is 10.0. The molecule has 0 fully saturated rings. The van der Waals surface area contributed by atoms with Gasteiger partial charge in [-0.2, -0.15) is 5.26 Å².